The van der Waals surface area contributed by atoms with E-state index in [1.54, 1.807) is 34.7 Å². The first-order valence-corrected chi connectivity index (χ1v) is 12.5. The third-order valence-corrected chi connectivity index (χ3v) is 7.33. The topological polar surface area (TPSA) is 101 Å². The highest BCUT2D eigenvalue weighted by Gasteiger charge is 2.41. The second-order valence-corrected chi connectivity index (χ2v) is 9.86. The van der Waals surface area contributed by atoms with Crippen LogP contribution < -0.4 is 4.90 Å². The number of anilines is 1. The first-order chi connectivity index (χ1) is 18.4. The van der Waals surface area contributed by atoms with Crippen molar-refractivity contribution in [2.75, 3.05) is 18.0 Å². The Kier molecular flexibility index (Phi) is 5.64. The maximum absolute atomic E-state index is 15.8. The molecule has 1 aromatic carbocycles. The Bertz CT molecular complexity index is 1700. The van der Waals surface area contributed by atoms with Gasteiger partial charge in [-0.1, -0.05) is 23.8 Å². The molecule has 6 rings (SSSR count). The second kappa shape index (κ2) is 9.03. The highest BCUT2D eigenvalue weighted by atomic mass is 19.1. The SMILES string of the molecule is Cc1ccc(-c2ccc3c(-c4nccc(C#N)c4N4CCC(F)(c5nncn5C)CC4)cnn3n2)c(C)c1. The molecule has 5 aromatic rings. The molecule has 0 unspecified atom stereocenters. The Hall–Kier alpha value is -4.65. The van der Waals surface area contributed by atoms with Crippen LogP contribution in [-0.2, 0) is 12.7 Å². The summed E-state index contributed by atoms with van der Waals surface area (Å²) in [6.07, 6.45) is 5.33. The van der Waals surface area contributed by atoms with Crippen LogP contribution in [0.1, 0.15) is 35.4 Å². The number of aromatic nitrogens is 7. The number of halogens is 1. The minimum atomic E-state index is -1.57. The van der Waals surface area contributed by atoms with Gasteiger partial charge in [-0.05, 0) is 37.6 Å². The molecule has 1 aliphatic rings. The van der Waals surface area contributed by atoms with Crippen LogP contribution in [0, 0.1) is 25.2 Å². The number of fused-ring (bicyclic) bond motifs is 1. The monoisotopic (exact) mass is 507 g/mol. The number of alkyl halides is 1. The fourth-order valence-corrected chi connectivity index (χ4v) is 5.36. The Morgan fingerprint density at radius 1 is 1.05 bits per heavy atom. The van der Waals surface area contributed by atoms with Gasteiger partial charge < -0.3 is 9.47 Å². The Morgan fingerprint density at radius 3 is 2.58 bits per heavy atom. The first-order valence-electron chi connectivity index (χ1n) is 12.5. The van der Waals surface area contributed by atoms with Gasteiger partial charge in [0.05, 0.1) is 39.9 Å². The highest BCUT2D eigenvalue weighted by molar-refractivity contribution is 5.88. The molecule has 38 heavy (non-hydrogen) atoms. The maximum atomic E-state index is 15.8. The van der Waals surface area contributed by atoms with Gasteiger partial charge in [0.2, 0.25) is 0 Å². The molecule has 10 heteroatoms. The molecule has 0 aliphatic carbocycles. The molecule has 0 bridgehead atoms. The van der Waals surface area contributed by atoms with Crippen LogP contribution in [0.25, 0.3) is 28.0 Å². The van der Waals surface area contributed by atoms with E-state index in [0.717, 1.165) is 27.9 Å². The zero-order chi connectivity index (χ0) is 26.4. The molecular formula is C28H26FN9. The van der Waals surface area contributed by atoms with E-state index in [2.05, 4.69) is 58.4 Å². The number of pyridine rings is 1. The third kappa shape index (κ3) is 3.87. The Labute approximate surface area is 219 Å². The van der Waals surface area contributed by atoms with Crippen LogP contribution in [0.2, 0.25) is 0 Å². The Balaban J connectivity index is 1.37. The van der Waals surface area contributed by atoms with Crippen molar-refractivity contribution < 1.29 is 4.39 Å². The maximum Gasteiger partial charge on any atom is 0.173 e. The van der Waals surface area contributed by atoms with E-state index in [0.29, 0.717) is 35.9 Å². The lowest BCUT2D eigenvalue weighted by Gasteiger charge is -2.37. The summed E-state index contributed by atoms with van der Waals surface area (Å²) in [6.45, 7) is 4.95. The van der Waals surface area contributed by atoms with Gasteiger partial charge >= 0.3 is 0 Å². The van der Waals surface area contributed by atoms with Gasteiger partial charge in [0.1, 0.15) is 12.4 Å². The van der Waals surface area contributed by atoms with Crippen molar-refractivity contribution in [2.24, 2.45) is 7.05 Å². The quantitative estimate of drug-likeness (QED) is 0.352. The van der Waals surface area contributed by atoms with Crippen LogP contribution in [0.5, 0.6) is 0 Å². The number of piperidine rings is 1. The molecule has 190 valence electrons. The summed E-state index contributed by atoms with van der Waals surface area (Å²) < 4.78 is 19.1. The number of nitriles is 1. The van der Waals surface area contributed by atoms with Crippen LogP contribution in [-0.4, -0.2) is 47.7 Å². The minimum absolute atomic E-state index is 0.230. The van der Waals surface area contributed by atoms with Crippen molar-refractivity contribution in [3.05, 3.63) is 77.6 Å². The number of rotatable bonds is 4. The normalized spacial score (nSPS) is 15.1. The molecule has 1 fully saturated rings. The summed E-state index contributed by atoms with van der Waals surface area (Å²) >= 11 is 0. The van der Waals surface area contributed by atoms with Gasteiger partial charge in [-0.25, -0.2) is 4.39 Å². The van der Waals surface area contributed by atoms with E-state index < -0.39 is 5.67 Å². The zero-order valence-corrected chi connectivity index (χ0v) is 21.4. The molecule has 0 N–H and O–H groups in total. The lowest BCUT2D eigenvalue weighted by atomic mass is 9.91. The predicted molar refractivity (Wildman–Crippen MR) is 141 cm³/mol. The molecule has 1 saturated heterocycles. The molecular weight excluding hydrogens is 481 g/mol. The minimum Gasteiger partial charge on any atom is -0.368 e. The van der Waals surface area contributed by atoms with Crippen molar-refractivity contribution in [2.45, 2.75) is 32.4 Å². The summed E-state index contributed by atoms with van der Waals surface area (Å²) in [4.78, 5) is 6.70. The van der Waals surface area contributed by atoms with Gasteiger partial charge in [0.25, 0.3) is 0 Å². The van der Waals surface area contributed by atoms with Crippen molar-refractivity contribution >= 4 is 11.2 Å². The van der Waals surface area contributed by atoms with Gasteiger partial charge in [0, 0.05) is 44.7 Å². The fourth-order valence-electron chi connectivity index (χ4n) is 5.36. The average Bonchev–Trinajstić information content (AvgIpc) is 3.55. The molecule has 0 atom stereocenters. The van der Waals surface area contributed by atoms with Crippen LogP contribution in [0.3, 0.4) is 0 Å². The molecule has 0 saturated carbocycles. The summed E-state index contributed by atoms with van der Waals surface area (Å²) in [5.41, 5.74) is 5.98. The molecule has 0 amide bonds. The van der Waals surface area contributed by atoms with Crippen LogP contribution in [0.15, 0.2) is 55.1 Å². The summed E-state index contributed by atoms with van der Waals surface area (Å²) in [7, 11) is 1.75. The number of aryl methyl sites for hydroxylation is 3. The molecule has 1 aliphatic heterocycles. The largest absolute Gasteiger partial charge is 0.368 e. The van der Waals surface area contributed by atoms with Gasteiger partial charge in [-0.3, -0.25) is 4.98 Å². The zero-order valence-electron chi connectivity index (χ0n) is 21.4. The van der Waals surface area contributed by atoms with Gasteiger partial charge in [0.15, 0.2) is 11.5 Å². The summed E-state index contributed by atoms with van der Waals surface area (Å²) in [5, 5.41) is 27.1. The number of hydrogen-bond acceptors (Lipinski definition) is 7. The van der Waals surface area contributed by atoms with E-state index >= 15 is 4.39 Å². The van der Waals surface area contributed by atoms with Crippen molar-refractivity contribution in [1.29, 1.82) is 5.26 Å². The first kappa shape index (κ1) is 23.7. The summed E-state index contributed by atoms with van der Waals surface area (Å²) in [6, 6.07) is 14.2. The second-order valence-electron chi connectivity index (χ2n) is 9.86. The van der Waals surface area contributed by atoms with Gasteiger partial charge in [-0.15, -0.1) is 15.3 Å². The van der Waals surface area contributed by atoms with E-state index in [9.17, 15) is 5.26 Å². The van der Waals surface area contributed by atoms with Crippen molar-refractivity contribution in [1.82, 2.24) is 34.6 Å². The Morgan fingerprint density at radius 2 is 1.87 bits per heavy atom. The van der Waals surface area contributed by atoms with Crippen LogP contribution >= 0.6 is 0 Å². The van der Waals surface area contributed by atoms with Crippen molar-refractivity contribution in [3.8, 4) is 28.6 Å². The lowest BCUT2D eigenvalue weighted by molar-refractivity contribution is 0.109. The highest BCUT2D eigenvalue weighted by Crippen LogP contribution is 2.41. The smallest absolute Gasteiger partial charge is 0.173 e. The predicted octanol–water partition coefficient (Wildman–Crippen LogP) is 4.54. The van der Waals surface area contributed by atoms with Gasteiger partial charge in [-0.2, -0.15) is 15.0 Å². The number of nitrogens with zero attached hydrogens (tertiary/aromatic N) is 9. The lowest BCUT2D eigenvalue weighted by Crippen LogP contribution is -2.42. The fraction of sp³-hybridized carbons (Fsp3) is 0.286. The van der Waals surface area contributed by atoms with E-state index in [1.807, 2.05) is 17.0 Å². The number of hydrogen-bond donors (Lipinski definition) is 0. The van der Waals surface area contributed by atoms with Crippen LogP contribution in [0.4, 0.5) is 10.1 Å². The standard InChI is InChI=1S/C28H26FN9/c1-18-4-5-21(19(2)14-18)23-6-7-24-22(16-33-38(24)35-23)25-26(20(15-30)8-11-31-25)37-12-9-28(29,10-13-37)27-34-32-17-36(27)3/h4-8,11,14,16-17H,9-10,12-13H2,1-3H3. The average molecular weight is 508 g/mol. The third-order valence-electron chi connectivity index (χ3n) is 7.33. The molecule has 5 heterocycles. The van der Waals surface area contributed by atoms with Crippen molar-refractivity contribution in [3.63, 3.8) is 0 Å². The molecule has 4 aromatic heterocycles. The number of benzene rings is 1. The molecule has 0 spiro atoms. The van der Waals surface area contributed by atoms with E-state index in [1.165, 1.54) is 11.9 Å². The molecule has 0 radical (unpaired) electrons. The van der Waals surface area contributed by atoms with E-state index in [4.69, 9.17) is 5.10 Å². The molecule has 9 nitrogen and oxygen atoms in total. The summed E-state index contributed by atoms with van der Waals surface area (Å²) in [5.74, 6) is 0.331. The van der Waals surface area contributed by atoms with E-state index in [-0.39, 0.29) is 12.8 Å².